The summed E-state index contributed by atoms with van der Waals surface area (Å²) in [5.41, 5.74) is 3.01. The zero-order valence-corrected chi connectivity index (χ0v) is 8.43. The summed E-state index contributed by atoms with van der Waals surface area (Å²) in [5, 5.41) is 3.34. The van der Waals surface area contributed by atoms with Crippen LogP contribution in [-0.2, 0) is 0 Å². The van der Waals surface area contributed by atoms with Gasteiger partial charge in [-0.15, -0.1) is 0 Å². The minimum atomic E-state index is 0.423. The van der Waals surface area contributed by atoms with Crippen LogP contribution in [0.4, 0.5) is 5.69 Å². The van der Waals surface area contributed by atoms with Gasteiger partial charge >= 0.3 is 0 Å². The molecule has 0 amide bonds. The Hall–Kier alpha value is -1.16. The van der Waals surface area contributed by atoms with E-state index in [9.17, 15) is 0 Å². The van der Waals surface area contributed by atoms with Crippen LogP contribution in [0, 0.1) is 0 Å². The molecule has 2 aromatic rings. The van der Waals surface area contributed by atoms with Gasteiger partial charge in [0.2, 0.25) is 0 Å². The molecular weight excluding hydrogens is 182 g/mol. The van der Waals surface area contributed by atoms with E-state index in [1.807, 2.05) is 18.2 Å². The number of rotatable bonds is 2. The molecule has 0 fully saturated rings. The molecule has 4 heteroatoms. The monoisotopic (exact) mass is 193 g/mol. The van der Waals surface area contributed by atoms with Crippen LogP contribution in [-0.4, -0.2) is 14.8 Å². The molecule has 0 spiro atoms. The highest BCUT2D eigenvalue weighted by molar-refractivity contribution is 7.00. The Kier molecular flexibility index (Phi) is 2.14. The third-order valence-electron chi connectivity index (χ3n) is 1.73. The molecule has 0 saturated carbocycles. The van der Waals surface area contributed by atoms with Crippen molar-refractivity contribution in [1.82, 2.24) is 8.75 Å². The molecule has 1 N–H and O–H groups in total. The lowest BCUT2D eigenvalue weighted by atomic mass is 10.2. The first-order valence-electron chi connectivity index (χ1n) is 4.25. The van der Waals surface area contributed by atoms with Gasteiger partial charge in [0.15, 0.2) is 0 Å². The van der Waals surface area contributed by atoms with Gasteiger partial charge in [-0.25, -0.2) is 0 Å². The van der Waals surface area contributed by atoms with E-state index in [1.165, 1.54) is 11.7 Å². The van der Waals surface area contributed by atoms with Gasteiger partial charge in [-0.2, -0.15) is 8.75 Å². The van der Waals surface area contributed by atoms with Crippen LogP contribution >= 0.6 is 11.7 Å². The number of nitrogens with zero attached hydrogens (tertiary/aromatic N) is 2. The van der Waals surface area contributed by atoms with Gasteiger partial charge in [-0.1, -0.05) is 6.07 Å². The number of hydrogen-bond donors (Lipinski definition) is 1. The summed E-state index contributed by atoms with van der Waals surface area (Å²) < 4.78 is 8.42. The first-order chi connectivity index (χ1) is 6.27. The highest BCUT2D eigenvalue weighted by atomic mass is 32.1. The number of hydrogen-bond acceptors (Lipinski definition) is 4. The number of anilines is 1. The summed E-state index contributed by atoms with van der Waals surface area (Å²) >= 11 is 1.25. The minimum absolute atomic E-state index is 0.423. The SMILES string of the molecule is CC(C)Nc1cccc2nsnc12. The summed E-state index contributed by atoms with van der Waals surface area (Å²) in [5.74, 6) is 0. The van der Waals surface area contributed by atoms with E-state index in [1.54, 1.807) is 0 Å². The first kappa shape index (κ1) is 8.44. The van der Waals surface area contributed by atoms with Crippen molar-refractivity contribution in [2.45, 2.75) is 19.9 Å². The molecule has 0 bridgehead atoms. The Balaban J connectivity index is 2.48. The first-order valence-corrected chi connectivity index (χ1v) is 4.98. The molecule has 0 saturated heterocycles. The zero-order chi connectivity index (χ0) is 9.26. The van der Waals surface area contributed by atoms with Crippen LogP contribution in [0.3, 0.4) is 0 Å². The quantitative estimate of drug-likeness (QED) is 0.796. The Morgan fingerprint density at radius 3 is 2.92 bits per heavy atom. The van der Waals surface area contributed by atoms with Crippen molar-refractivity contribution >= 4 is 28.4 Å². The minimum Gasteiger partial charge on any atom is -0.381 e. The molecule has 2 rings (SSSR count). The molecule has 3 nitrogen and oxygen atoms in total. The van der Waals surface area contributed by atoms with Crippen LogP contribution in [0.1, 0.15) is 13.8 Å². The van der Waals surface area contributed by atoms with Gasteiger partial charge < -0.3 is 5.32 Å². The molecule has 0 aliphatic heterocycles. The summed E-state index contributed by atoms with van der Waals surface area (Å²) in [7, 11) is 0. The molecule has 0 radical (unpaired) electrons. The fraction of sp³-hybridized carbons (Fsp3) is 0.333. The normalized spacial score (nSPS) is 11.0. The fourth-order valence-electron chi connectivity index (χ4n) is 1.23. The standard InChI is InChI=1S/C9H11N3S/c1-6(2)10-7-4-3-5-8-9(7)12-13-11-8/h3-6,10H,1-2H3. The number of aromatic nitrogens is 2. The molecular formula is C9H11N3S. The maximum Gasteiger partial charge on any atom is 0.127 e. The second-order valence-electron chi connectivity index (χ2n) is 3.24. The Morgan fingerprint density at radius 2 is 2.15 bits per heavy atom. The van der Waals surface area contributed by atoms with Crippen LogP contribution in [0.5, 0.6) is 0 Å². The van der Waals surface area contributed by atoms with Crippen molar-refractivity contribution in [3.8, 4) is 0 Å². The molecule has 13 heavy (non-hydrogen) atoms. The van der Waals surface area contributed by atoms with Crippen LogP contribution in [0.15, 0.2) is 18.2 Å². The predicted octanol–water partition coefficient (Wildman–Crippen LogP) is 2.51. The van der Waals surface area contributed by atoms with Crippen LogP contribution < -0.4 is 5.32 Å². The Bertz CT molecular complexity index is 408. The Morgan fingerprint density at radius 1 is 1.31 bits per heavy atom. The van der Waals surface area contributed by atoms with E-state index in [0.717, 1.165) is 16.7 Å². The largest absolute Gasteiger partial charge is 0.381 e. The molecule has 1 heterocycles. The lowest BCUT2D eigenvalue weighted by Gasteiger charge is -2.09. The highest BCUT2D eigenvalue weighted by Crippen LogP contribution is 2.21. The van der Waals surface area contributed by atoms with Crippen molar-refractivity contribution in [1.29, 1.82) is 0 Å². The van der Waals surface area contributed by atoms with Gasteiger partial charge in [-0.3, -0.25) is 0 Å². The van der Waals surface area contributed by atoms with Gasteiger partial charge in [0.1, 0.15) is 11.0 Å². The van der Waals surface area contributed by atoms with E-state index >= 15 is 0 Å². The molecule has 68 valence electrons. The summed E-state index contributed by atoms with van der Waals surface area (Å²) in [6.07, 6.45) is 0. The van der Waals surface area contributed by atoms with Gasteiger partial charge in [0.25, 0.3) is 0 Å². The maximum absolute atomic E-state index is 4.24. The summed E-state index contributed by atoms with van der Waals surface area (Å²) in [4.78, 5) is 0. The average Bonchev–Trinajstić information content (AvgIpc) is 2.51. The summed E-state index contributed by atoms with van der Waals surface area (Å²) in [6.45, 7) is 4.22. The third-order valence-corrected chi connectivity index (χ3v) is 2.27. The van der Waals surface area contributed by atoms with Crippen molar-refractivity contribution in [2.75, 3.05) is 5.32 Å². The van der Waals surface area contributed by atoms with Crippen molar-refractivity contribution in [3.63, 3.8) is 0 Å². The van der Waals surface area contributed by atoms with Gasteiger partial charge in [-0.05, 0) is 26.0 Å². The molecule has 0 aliphatic rings. The molecule has 0 atom stereocenters. The molecule has 0 aliphatic carbocycles. The van der Waals surface area contributed by atoms with Crippen LogP contribution in [0.2, 0.25) is 0 Å². The zero-order valence-electron chi connectivity index (χ0n) is 7.61. The van der Waals surface area contributed by atoms with Gasteiger partial charge in [0.05, 0.1) is 17.4 Å². The lowest BCUT2D eigenvalue weighted by molar-refractivity contribution is 0.901. The Labute approximate surface area is 81.1 Å². The number of benzene rings is 1. The number of nitrogens with one attached hydrogen (secondary N) is 1. The van der Waals surface area contributed by atoms with E-state index in [2.05, 4.69) is 27.9 Å². The molecule has 1 aromatic carbocycles. The maximum atomic E-state index is 4.24. The highest BCUT2D eigenvalue weighted by Gasteiger charge is 2.04. The second kappa shape index (κ2) is 3.30. The average molecular weight is 193 g/mol. The van der Waals surface area contributed by atoms with E-state index in [-0.39, 0.29) is 0 Å². The van der Waals surface area contributed by atoms with Crippen molar-refractivity contribution in [3.05, 3.63) is 18.2 Å². The molecule has 1 aromatic heterocycles. The van der Waals surface area contributed by atoms with Crippen LogP contribution in [0.25, 0.3) is 11.0 Å². The van der Waals surface area contributed by atoms with E-state index in [0.29, 0.717) is 6.04 Å². The van der Waals surface area contributed by atoms with Crippen molar-refractivity contribution < 1.29 is 0 Å². The van der Waals surface area contributed by atoms with E-state index < -0.39 is 0 Å². The van der Waals surface area contributed by atoms with E-state index in [4.69, 9.17) is 0 Å². The lowest BCUT2D eigenvalue weighted by Crippen LogP contribution is -2.09. The molecule has 0 unspecified atom stereocenters. The topological polar surface area (TPSA) is 37.8 Å². The second-order valence-corrected chi connectivity index (χ2v) is 3.77. The third kappa shape index (κ3) is 1.62. The van der Waals surface area contributed by atoms with Crippen molar-refractivity contribution in [2.24, 2.45) is 0 Å². The summed E-state index contributed by atoms with van der Waals surface area (Å²) in [6, 6.07) is 6.43. The number of fused-ring (bicyclic) bond motifs is 1. The smallest absolute Gasteiger partial charge is 0.127 e. The predicted molar refractivity (Wildman–Crippen MR) is 56.2 cm³/mol. The van der Waals surface area contributed by atoms with Gasteiger partial charge in [0, 0.05) is 6.04 Å². The fourth-order valence-corrected chi connectivity index (χ4v) is 1.78.